The molecule has 2 aromatic rings. The summed E-state index contributed by atoms with van der Waals surface area (Å²) in [5, 5.41) is 1.85. The average Bonchev–Trinajstić information content (AvgIpc) is 2.43. The molecular weight excluding hydrogens is 242 g/mol. The van der Waals surface area contributed by atoms with Gasteiger partial charge < -0.3 is 15.2 Å². The SMILES string of the molecule is COC(Cc1ccc2ccccc2c1C(N)=O)OC. The van der Waals surface area contributed by atoms with Gasteiger partial charge in [0.2, 0.25) is 5.91 Å². The van der Waals surface area contributed by atoms with Gasteiger partial charge in [0.15, 0.2) is 6.29 Å². The van der Waals surface area contributed by atoms with Crippen LogP contribution >= 0.6 is 0 Å². The van der Waals surface area contributed by atoms with Gasteiger partial charge in [0, 0.05) is 20.6 Å². The van der Waals surface area contributed by atoms with Gasteiger partial charge in [0.25, 0.3) is 0 Å². The second kappa shape index (κ2) is 5.82. The Balaban J connectivity index is 2.54. The van der Waals surface area contributed by atoms with Gasteiger partial charge in [-0.1, -0.05) is 36.4 Å². The summed E-state index contributed by atoms with van der Waals surface area (Å²) in [5.74, 6) is -0.433. The number of fused-ring (bicyclic) bond motifs is 1. The van der Waals surface area contributed by atoms with Crippen LogP contribution in [0.3, 0.4) is 0 Å². The van der Waals surface area contributed by atoms with Gasteiger partial charge in [-0.2, -0.15) is 0 Å². The standard InChI is InChI=1S/C15H17NO3/c1-18-13(19-2)9-11-8-7-10-5-3-4-6-12(10)14(11)15(16)17/h3-8,13H,9H2,1-2H3,(H2,16,17). The summed E-state index contributed by atoms with van der Waals surface area (Å²) in [6.07, 6.45) is 0.0927. The molecule has 0 heterocycles. The van der Waals surface area contributed by atoms with Crippen LogP contribution in [-0.2, 0) is 15.9 Å². The summed E-state index contributed by atoms with van der Waals surface area (Å²) >= 11 is 0. The predicted octanol–water partition coefficient (Wildman–Crippen LogP) is 2.10. The van der Waals surface area contributed by atoms with E-state index in [0.717, 1.165) is 16.3 Å². The van der Waals surface area contributed by atoms with E-state index in [1.807, 2.05) is 36.4 Å². The van der Waals surface area contributed by atoms with E-state index in [-0.39, 0.29) is 6.29 Å². The second-order valence-corrected chi connectivity index (χ2v) is 4.29. The van der Waals surface area contributed by atoms with Crippen LogP contribution < -0.4 is 5.73 Å². The van der Waals surface area contributed by atoms with Gasteiger partial charge in [0.1, 0.15) is 0 Å². The molecule has 0 aliphatic carbocycles. The number of nitrogens with two attached hydrogens (primary N) is 1. The highest BCUT2D eigenvalue weighted by molar-refractivity contribution is 6.07. The molecule has 0 bridgehead atoms. The van der Waals surface area contributed by atoms with E-state index >= 15 is 0 Å². The average molecular weight is 259 g/mol. The zero-order valence-electron chi connectivity index (χ0n) is 11.1. The van der Waals surface area contributed by atoms with Crippen molar-refractivity contribution >= 4 is 16.7 Å². The Hall–Kier alpha value is -1.91. The van der Waals surface area contributed by atoms with E-state index in [4.69, 9.17) is 15.2 Å². The van der Waals surface area contributed by atoms with Gasteiger partial charge >= 0.3 is 0 Å². The molecular formula is C15H17NO3. The molecule has 0 saturated heterocycles. The minimum absolute atomic E-state index is 0.390. The fourth-order valence-corrected chi connectivity index (χ4v) is 2.22. The number of methoxy groups -OCH3 is 2. The van der Waals surface area contributed by atoms with Crippen molar-refractivity contribution in [2.24, 2.45) is 5.73 Å². The smallest absolute Gasteiger partial charge is 0.249 e. The van der Waals surface area contributed by atoms with Gasteiger partial charge in [0.05, 0.1) is 5.56 Å². The molecule has 0 aliphatic heterocycles. The lowest BCUT2D eigenvalue weighted by molar-refractivity contribution is -0.100. The minimum atomic E-state index is -0.433. The molecule has 19 heavy (non-hydrogen) atoms. The zero-order chi connectivity index (χ0) is 13.8. The van der Waals surface area contributed by atoms with E-state index in [9.17, 15) is 4.79 Å². The molecule has 0 fully saturated rings. The van der Waals surface area contributed by atoms with Crippen LogP contribution in [0, 0.1) is 0 Å². The minimum Gasteiger partial charge on any atom is -0.366 e. The molecule has 0 spiro atoms. The Morgan fingerprint density at radius 3 is 2.47 bits per heavy atom. The Bertz CT molecular complexity index is 591. The highest BCUT2D eigenvalue weighted by atomic mass is 16.7. The summed E-state index contributed by atoms with van der Waals surface area (Å²) in [7, 11) is 3.14. The number of hydrogen-bond acceptors (Lipinski definition) is 3. The van der Waals surface area contributed by atoms with Gasteiger partial charge in [-0.05, 0) is 16.3 Å². The van der Waals surface area contributed by atoms with E-state index in [0.29, 0.717) is 12.0 Å². The lowest BCUT2D eigenvalue weighted by atomic mass is 9.96. The summed E-state index contributed by atoms with van der Waals surface area (Å²) < 4.78 is 10.4. The maximum atomic E-state index is 11.7. The Morgan fingerprint density at radius 1 is 1.16 bits per heavy atom. The molecule has 2 N–H and O–H groups in total. The number of rotatable bonds is 5. The number of ether oxygens (including phenoxy) is 2. The molecule has 0 aliphatic rings. The third-order valence-corrected chi connectivity index (χ3v) is 3.17. The first kappa shape index (κ1) is 13.5. The van der Waals surface area contributed by atoms with Crippen molar-refractivity contribution in [2.75, 3.05) is 14.2 Å². The quantitative estimate of drug-likeness (QED) is 0.836. The molecule has 2 aromatic carbocycles. The van der Waals surface area contributed by atoms with Gasteiger partial charge in [-0.25, -0.2) is 0 Å². The van der Waals surface area contributed by atoms with Crippen LogP contribution in [-0.4, -0.2) is 26.4 Å². The van der Waals surface area contributed by atoms with Gasteiger partial charge in [-0.3, -0.25) is 4.79 Å². The molecule has 0 unspecified atom stereocenters. The van der Waals surface area contributed by atoms with E-state index in [1.165, 1.54) is 0 Å². The van der Waals surface area contributed by atoms with Crippen molar-refractivity contribution in [3.63, 3.8) is 0 Å². The predicted molar refractivity (Wildman–Crippen MR) is 74.0 cm³/mol. The second-order valence-electron chi connectivity index (χ2n) is 4.29. The van der Waals surface area contributed by atoms with Crippen molar-refractivity contribution in [1.82, 2.24) is 0 Å². The Morgan fingerprint density at radius 2 is 1.84 bits per heavy atom. The maximum absolute atomic E-state index is 11.7. The highest BCUT2D eigenvalue weighted by Gasteiger charge is 2.16. The number of amides is 1. The third-order valence-electron chi connectivity index (χ3n) is 3.17. The van der Waals surface area contributed by atoms with Crippen LogP contribution in [0.5, 0.6) is 0 Å². The molecule has 2 rings (SSSR count). The highest BCUT2D eigenvalue weighted by Crippen LogP contribution is 2.23. The topological polar surface area (TPSA) is 61.5 Å². The van der Waals surface area contributed by atoms with Gasteiger partial charge in [-0.15, -0.1) is 0 Å². The normalized spacial score (nSPS) is 11.1. The number of hydrogen-bond donors (Lipinski definition) is 1. The first-order chi connectivity index (χ1) is 9.17. The summed E-state index contributed by atoms with van der Waals surface area (Å²) in [6, 6.07) is 11.5. The molecule has 100 valence electrons. The molecule has 0 radical (unpaired) electrons. The third kappa shape index (κ3) is 2.75. The van der Waals surface area contributed by atoms with Crippen molar-refractivity contribution in [1.29, 1.82) is 0 Å². The number of benzene rings is 2. The fourth-order valence-electron chi connectivity index (χ4n) is 2.22. The van der Waals surface area contributed by atoms with E-state index < -0.39 is 5.91 Å². The zero-order valence-corrected chi connectivity index (χ0v) is 11.1. The summed E-state index contributed by atoms with van der Waals surface area (Å²) in [5.41, 5.74) is 6.89. The monoisotopic (exact) mass is 259 g/mol. The van der Waals surface area contributed by atoms with Crippen LogP contribution in [0.4, 0.5) is 0 Å². The van der Waals surface area contributed by atoms with E-state index in [1.54, 1.807) is 14.2 Å². The van der Waals surface area contributed by atoms with Crippen molar-refractivity contribution < 1.29 is 14.3 Å². The van der Waals surface area contributed by atoms with Crippen molar-refractivity contribution in [3.8, 4) is 0 Å². The Kier molecular flexibility index (Phi) is 4.14. The molecule has 0 atom stereocenters. The van der Waals surface area contributed by atoms with Crippen molar-refractivity contribution in [3.05, 3.63) is 47.5 Å². The molecule has 0 saturated carbocycles. The van der Waals surface area contributed by atoms with Crippen molar-refractivity contribution in [2.45, 2.75) is 12.7 Å². The largest absolute Gasteiger partial charge is 0.366 e. The maximum Gasteiger partial charge on any atom is 0.249 e. The molecule has 1 amide bonds. The van der Waals surface area contributed by atoms with Crippen LogP contribution in [0.25, 0.3) is 10.8 Å². The van der Waals surface area contributed by atoms with E-state index in [2.05, 4.69) is 0 Å². The first-order valence-corrected chi connectivity index (χ1v) is 6.03. The Labute approximate surface area is 112 Å². The number of carbonyl (C=O) groups excluding carboxylic acids is 1. The lowest BCUT2D eigenvalue weighted by Gasteiger charge is -2.16. The summed E-state index contributed by atoms with van der Waals surface area (Å²) in [6.45, 7) is 0. The summed E-state index contributed by atoms with van der Waals surface area (Å²) in [4.78, 5) is 11.7. The van der Waals surface area contributed by atoms with Crippen LogP contribution in [0.2, 0.25) is 0 Å². The number of primary amides is 1. The molecule has 0 aromatic heterocycles. The van der Waals surface area contributed by atoms with Crippen LogP contribution in [0.15, 0.2) is 36.4 Å². The van der Waals surface area contributed by atoms with Crippen LogP contribution in [0.1, 0.15) is 15.9 Å². The number of carbonyl (C=O) groups is 1. The molecule has 4 heteroatoms. The first-order valence-electron chi connectivity index (χ1n) is 6.03. The fraction of sp³-hybridized carbons (Fsp3) is 0.267. The lowest BCUT2D eigenvalue weighted by Crippen LogP contribution is -2.20. The molecule has 4 nitrogen and oxygen atoms in total.